The van der Waals surface area contributed by atoms with Crippen molar-refractivity contribution in [1.29, 1.82) is 0 Å². The normalized spacial score (nSPS) is 14.1. The predicted molar refractivity (Wildman–Crippen MR) is 126 cm³/mol. The summed E-state index contributed by atoms with van der Waals surface area (Å²) in [4.78, 5) is 32.2. The summed E-state index contributed by atoms with van der Waals surface area (Å²) in [6, 6.07) is 14.0. The van der Waals surface area contributed by atoms with Crippen molar-refractivity contribution < 1.29 is 14.0 Å². The summed E-state index contributed by atoms with van der Waals surface area (Å²) in [7, 11) is 0. The average Bonchev–Trinajstić information content (AvgIpc) is 3.45. The lowest BCUT2D eigenvalue weighted by atomic mass is 10.1. The van der Waals surface area contributed by atoms with Gasteiger partial charge in [0.25, 0.3) is 0 Å². The molecular formula is C26H37N3O3. The highest BCUT2D eigenvalue weighted by molar-refractivity contribution is 5.85. The van der Waals surface area contributed by atoms with E-state index in [1.54, 1.807) is 4.90 Å². The molecule has 3 rings (SSSR count). The van der Waals surface area contributed by atoms with Crippen molar-refractivity contribution in [1.82, 2.24) is 14.7 Å². The molecule has 0 unspecified atom stereocenters. The number of furan rings is 1. The molecule has 0 saturated carbocycles. The molecule has 0 atom stereocenters. The first-order valence-electron chi connectivity index (χ1n) is 11.8. The molecule has 1 fully saturated rings. The highest BCUT2D eigenvalue weighted by Gasteiger charge is 2.25. The molecule has 32 heavy (non-hydrogen) atoms. The Kier molecular flexibility index (Phi) is 8.91. The van der Waals surface area contributed by atoms with E-state index in [2.05, 4.69) is 17.0 Å². The van der Waals surface area contributed by atoms with Crippen molar-refractivity contribution in [2.75, 3.05) is 39.3 Å². The number of rotatable bonds is 11. The molecule has 1 saturated heterocycles. The smallest absolute Gasteiger partial charge is 0.242 e. The number of nitrogens with zero attached hydrogens (tertiary/aromatic N) is 3. The van der Waals surface area contributed by atoms with Crippen LogP contribution in [0.2, 0.25) is 0 Å². The third-order valence-corrected chi connectivity index (χ3v) is 6.03. The Morgan fingerprint density at radius 2 is 1.72 bits per heavy atom. The summed E-state index contributed by atoms with van der Waals surface area (Å²) >= 11 is 0. The van der Waals surface area contributed by atoms with Gasteiger partial charge in [-0.1, -0.05) is 44.2 Å². The Balaban J connectivity index is 1.68. The number of carbonyl (C=O) groups is 2. The molecule has 2 aromatic rings. The lowest BCUT2D eigenvalue weighted by Gasteiger charge is -2.29. The second-order valence-corrected chi connectivity index (χ2v) is 9.03. The number of amides is 2. The summed E-state index contributed by atoms with van der Waals surface area (Å²) in [5.74, 6) is 1.46. The molecule has 0 radical (unpaired) electrons. The minimum Gasteiger partial charge on any atom is -0.464 e. The highest BCUT2D eigenvalue weighted by atomic mass is 16.3. The fourth-order valence-electron chi connectivity index (χ4n) is 4.12. The number of likely N-dealkylation sites (tertiary alicyclic amines) is 1. The monoisotopic (exact) mass is 439 g/mol. The molecule has 1 aromatic carbocycles. The van der Waals surface area contributed by atoms with Gasteiger partial charge in [-0.3, -0.25) is 9.59 Å². The van der Waals surface area contributed by atoms with E-state index in [-0.39, 0.29) is 24.3 Å². The van der Waals surface area contributed by atoms with E-state index in [1.807, 2.05) is 56.0 Å². The molecule has 2 heterocycles. The SMILES string of the molecule is Cc1ccc(CN(CCc2ccccc2)C(=O)CN(CCN2CCCC2)C(=O)C(C)C)o1. The highest BCUT2D eigenvalue weighted by Crippen LogP contribution is 2.13. The topological polar surface area (TPSA) is 57.0 Å². The summed E-state index contributed by atoms with van der Waals surface area (Å²) in [5, 5.41) is 0. The zero-order valence-electron chi connectivity index (χ0n) is 19.8. The lowest BCUT2D eigenvalue weighted by Crippen LogP contribution is -2.47. The summed E-state index contributed by atoms with van der Waals surface area (Å²) in [5.41, 5.74) is 1.19. The third kappa shape index (κ3) is 7.23. The van der Waals surface area contributed by atoms with Crippen LogP contribution in [0.3, 0.4) is 0 Å². The van der Waals surface area contributed by atoms with Gasteiger partial charge in [0.05, 0.1) is 13.1 Å². The van der Waals surface area contributed by atoms with Crippen molar-refractivity contribution >= 4 is 11.8 Å². The maximum Gasteiger partial charge on any atom is 0.242 e. The fourth-order valence-corrected chi connectivity index (χ4v) is 4.12. The molecule has 1 aromatic heterocycles. The van der Waals surface area contributed by atoms with Gasteiger partial charge >= 0.3 is 0 Å². The van der Waals surface area contributed by atoms with Gasteiger partial charge in [0, 0.05) is 25.6 Å². The number of benzene rings is 1. The standard InChI is InChI=1S/C26H37N3O3/c1-21(2)26(31)29(18-17-27-14-7-8-15-27)20-25(30)28(19-24-12-11-22(3)32-24)16-13-23-9-5-4-6-10-23/h4-6,9-12,21H,7-8,13-20H2,1-3H3. The molecular weight excluding hydrogens is 402 g/mol. The van der Waals surface area contributed by atoms with Gasteiger partial charge in [-0.2, -0.15) is 0 Å². The van der Waals surface area contributed by atoms with E-state index in [1.165, 1.54) is 18.4 Å². The Morgan fingerprint density at radius 1 is 1.00 bits per heavy atom. The molecule has 1 aliphatic rings. The molecule has 6 heteroatoms. The van der Waals surface area contributed by atoms with Gasteiger partial charge in [-0.25, -0.2) is 0 Å². The first-order valence-corrected chi connectivity index (χ1v) is 11.8. The zero-order chi connectivity index (χ0) is 22.9. The predicted octanol–water partition coefficient (Wildman–Crippen LogP) is 3.74. The zero-order valence-corrected chi connectivity index (χ0v) is 19.8. The molecule has 0 spiro atoms. The summed E-state index contributed by atoms with van der Waals surface area (Å²) in [6.07, 6.45) is 3.19. The molecule has 2 amide bonds. The van der Waals surface area contributed by atoms with Crippen molar-refractivity contribution in [3.05, 3.63) is 59.5 Å². The second kappa shape index (κ2) is 11.9. The molecule has 174 valence electrons. The summed E-state index contributed by atoms with van der Waals surface area (Å²) in [6.45, 7) is 10.4. The van der Waals surface area contributed by atoms with E-state index in [0.717, 1.165) is 37.6 Å². The molecule has 0 bridgehead atoms. The van der Waals surface area contributed by atoms with Gasteiger partial charge in [-0.15, -0.1) is 0 Å². The summed E-state index contributed by atoms with van der Waals surface area (Å²) < 4.78 is 5.74. The van der Waals surface area contributed by atoms with Crippen molar-refractivity contribution in [2.45, 2.75) is 46.6 Å². The maximum atomic E-state index is 13.4. The van der Waals surface area contributed by atoms with Crippen LogP contribution >= 0.6 is 0 Å². The molecule has 1 aliphatic heterocycles. The van der Waals surface area contributed by atoms with Crippen LogP contribution in [0.15, 0.2) is 46.9 Å². The van der Waals surface area contributed by atoms with Gasteiger partial charge < -0.3 is 19.1 Å². The van der Waals surface area contributed by atoms with Crippen LogP contribution in [-0.2, 0) is 22.6 Å². The average molecular weight is 440 g/mol. The van der Waals surface area contributed by atoms with E-state index in [0.29, 0.717) is 19.6 Å². The number of carbonyl (C=O) groups excluding carboxylic acids is 2. The quantitative estimate of drug-likeness (QED) is 0.535. The van der Waals surface area contributed by atoms with E-state index < -0.39 is 0 Å². The molecule has 6 nitrogen and oxygen atoms in total. The van der Waals surface area contributed by atoms with Gasteiger partial charge in [0.2, 0.25) is 11.8 Å². The Bertz CT molecular complexity index is 856. The van der Waals surface area contributed by atoms with Crippen LogP contribution in [0.5, 0.6) is 0 Å². The van der Waals surface area contributed by atoms with Gasteiger partial charge in [0.15, 0.2) is 0 Å². The van der Waals surface area contributed by atoms with Crippen LogP contribution in [0.25, 0.3) is 0 Å². The lowest BCUT2D eigenvalue weighted by molar-refractivity contribution is -0.143. The fraction of sp³-hybridized carbons (Fsp3) is 0.538. The number of hydrogen-bond donors (Lipinski definition) is 0. The maximum absolute atomic E-state index is 13.4. The minimum atomic E-state index is -0.133. The first kappa shape index (κ1) is 24.1. The number of hydrogen-bond acceptors (Lipinski definition) is 4. The first-order chi connectivity index (χ1) is 15.4. The van der Waals surface area contributed by atoms with Crippen LogP contribution in [-0.4, -0.2) is 65.8 Å². The van der Waals surface area contributed by atoms with E-state index in [4.69, 9.17) is 4.42 Å². The van der Waals surface area contributed by atoms with Crippen molar-refractivity contribution in [2.24, 2.45) is 5.92 Å². The molecule has 0 aliphatic carbocycles. The third-order valence-electron chi connectivity index (χ3n) is 6.03. The largest absolute Gasteiger partial charge is 0.464 e. The van der Waals surface area contributed by atoms with Crippen LogP contribution in [0, 0.1) is 12.8 Å². The minimum absolute atomic E-state index is 0.0365. The van der Waals surface area contributed by atoms with Gasteiger partial charge in [-0.05, 0) is 57.0 Å². The van der Waals surface area contributed by atoms with Crippen LogP contribution in [0.4, 0.5) is 0 Å². The number of aryl methyl sites for hydroxylation is 1. The van der Waals surface area contributed by atoms with Crippen molar-refractivity contribution in [3.63, 3.8) is 0 Å². The Morgan fingerprint density at radius 3 is 2.34 bits per heavy atom. The Labute approximate surface area is 192 Å². The Hall–Kier alpha value is -2.60. The van der Waals surface area contributed by atoms with E-state index in [9.17, 15) is 9.59 Å². The van der Waals surface area contributed by atoms with Gasteiger partial charge in [0.1, 0.15) is 11.5 Å². The van der Waals surface area contributed by atoms with Crippen LogP contribution < -0.4 is 0 Å². The second-order valence-electron chi connectivity index (χ2n) is 9.03. The van der Waals surface area contributed by atoms with Crippen molar-refractivity contribution in [3.8, 4) is 0 Å². The van der Waals surface area contributed by atoms with E-state index >= 15 is 0 Å². The van der Waals surface area contributed by atoms with Crippen LogP contribution in [0.1, 0.15) is 43.8 Å². The molecule has 0 N–H and O–H groups in total.